The maximum atomic E-state index is 11.3. The lowest BCUT2D eigenvalue weighted by atomic mass is 10.1. The van der Waals surface area contributed by atoms with Gasteiger partial charge in [0.2, 0.25) is 0 Å². The third-order valence-electron chi connectivity index (χ3n) is 3.57. The summed E-state index contributed by atoms with van der Waals surface area (Å²) >= 11 is 0. The molecule has 0 spiro atoms. The summed E-state index contributed by atoms with van der Waals surface area (Å²) in [4.78, 5) is 24.1. The zero-order valence-corrected chi connectivity index (χ0v) is 13.9. The third-order valence-corrected chi connectivity index (χ3v) is 3.57. The van der Waals surface area contributed by atoms with Crippen LogP contribution in [-0.2, 0) is 0 Å². The van der Waals surface area contributed by atoms with E-state index in [-0.39, 0.29) is 5.78 Å². The van der Waals surface area contributed by atoms with Gasteiger partial charge in [0.25, 0.3) is 0 Å². The Morgan fingerprint density at radius 1 is 1.00 bits per heavy atom. The predicted molar refractivity (Wildman–Crippen MR) is 98.4 cm³/mol. The van der Waals surface area contributed by atoms with Crippen molar-refractivity contribution in [3.63, 3.8) is 0 Å². The molecule has 0 saturated heterocycles. The van der Waals surface area contributed by atoms with Crippen LogP contribution in [0.5, 0.6) is 0 Å². The number of hydrogen-bond acceptors (Lipinski definition) is 7. The van der Waals surface area contributed by atoms with Gasteiger partial charge in [0.05, 0.1) is 0 Å². The SMILES string of the molecule is CC(=O)c1ccc(Nc2ncnc(Nc3cccc(C)n3)c2N)cc1. The molecule has 0 unspecified atom stereocenters. The Labute approximate surface area is 145 Å². The van der Waals surface area contributed by atoms with Gasteiger partial charge in [-0.25, -0.2) is 15.0 Å². The number of benzene rings is 1. The molecule has 7 nitrogen and oxygen atoms in total. The Morgan fingerprint density at radius 2 is 1.68 bits per heavy atom. The monoisotopic (exact) mass is 334 g/mol. The highest BCUT2D eigenvalue weighted by Gasteiger charge is 2.09. The fraction of sp³-hybridized carbons (Fsp3) is 0.111. The lowest BCUT2D eigenvalue weighted by Crippen LogP contribution is -2.06. The fourth-order valence-corrected chi connectivity index (χ4v) is 2.25. The van der Waals surface area contributed by atoms with Crippen molar-refractivity contribution in [2.45, 2.75) is 13.8 Å². The van der Waals surface area contributed by atoms with Gasteiger partial charge in [0.1, 0.15) is 17.8 Å². The maximum absolute atomic E-state index is 11.3. The molecule has 0 radical (unpaired) electrons. The molecule has 0 bridgehead atoms. The van der Waals surface area contributed by atoms with Crippen molar-refractivity contribution in [2.75, 3.05) is 16.4 Å². The number of hydrogen-bond donors (Lipinski definition) is 3. The molecule has 2 heterocycles. The number of nitrogens with two attached hydrogens (primary N) is 1. The normalized spacial score (nSPS) is 10.3. The van der Waals surface area contributed by atoms with Gasteiger partial charge in [0, 0.05) is 16.9 Å². The number of nitrogens with zero attached hydrogens (tertiary/aromatic N) is 3. The molecule has 3 rings (SSSR count). The zero-order valence-electron chi connectivity index (χ0n) is 13.9. The quantitative estimate of drug-likeness (QED) is 0.614. The van der Waals surface area contributed by atoms with E-state index in [0.29, 0.717) is 28.7 Å². The van der Waals surface area contributed by atoms with Crippen LogP contribution in [0, 0.1) is 6.92 Å². The van der Waals surface area contributed by atoms with Gasteiger partial charge in [-0.05, 0) is 50.2 Å². The van der Waals surface area contributed by atoms with E-state index in [1.165, 1.54) is 13.3 Å². The second-order valence-electron chi connectivity index (χ2n) is 5.53. The van der Waals surface area contributed by atoms with Crippen LogP contribution in [0.15, 0.2) is 48.8 Å². The Balaban J connectivity index is 1.82. The summed E-state index contributed by atoms with van der Waals surface area (Å²) in [6.45, 7) is 3.44. The van der Waals surface area contributed by atoms with Crippen LogP contribution < -0.4 is 16.4 Å². The molecule has 3 aromatic rings. The van der Waals surface area contributed by atoms with E-state index in [1.54, 1.807) is 24.3 Å². The minimum Gasteiger partial charge on any atom is -0.393 e. The van der Waals surface area contributed by atoms with Gasteiger partial charge in [-0.2, -0.15) is 0 Å². The van der Waals surface area contributed by atoms with Crippen LogP contribution in [0.3, 0.4) is 0 Å². The first-order valence-electron chi connectivity index (χ1n) is 7.72. The number of carbonyl (C=O) groups is 1. The first kappa shape index (κ1) is 16.4. The molecule has 0 aliphatic rings. The highest BCUT2D eigenvalue weighted by molar-refractivity contribution is 5.94. The number of rotatable bonds is 5. The largest absolute Gasteiger partial charge is 0.393 e. The number of nitrogens with one attached hydrogen (secondary N) is 2. The number of aryl methyl sites for hydroxylation is 1. The number of Topliss-reactive ketones (excluding diaryl/α,β-unsaturated/α-hetero) is 1. The molecular weight excluding hydrogens is 316 g/mol. The molecule has 0 atom stereocenters. The van der Waals surface area contributed by atoms with Crippen LogP contribution in [0.2, 0.25) is 0 Å². The summed E-state index contributed by atoms with van der Waals surface area (Å²) in [5.74, 6) is 1.61. The van der Waals surface area contributed by atoms with Crippen molar-refractivity contribution in [3.05, 3.63) is 60.0 Å². The maximum Gasteiger partial charge on any atom is 0.160 e. The molecule has 0 aliphatic carbocycles. The molecule has 126 valence electrons. The van der Waals surface area contributed by atoms with E-state index in [1.807, 2.05) is 25.1 Å². The Kier molecular flexibility index (Phi) is 4.56. The summed E-state index contributed by atoms with van der Waals surface area (Å²) in [5.41, 5.74) is 8.85. The lowest BCUT2D eigenvalue weighted by Gasteiger charge is -2.12. The third kappa shape index (κ3) is 3.89. The van der Waals surface area contributed by atoms with Crippen LogP contribution in [-0.4, -0.2) is 20.7 Å². The number of nitrogen functional groups attached to an aromatic ring is 1. The highest BCUT2D eigenvalue weighted by atomic mass is 16.1. The molecule has 1 aromatic carbocycles. The minimum absolute atomic E-state index is 0.0187. The lowest BCUT2D eigenvalue weighted by molar-refractivity contribution is 0.101. The van der Waals surface area contributed by atoms with E-state index in [0.717, 1.165) is 11.4 Å². The van der Waals surface area contributed by atoms with E-state index in [4.69, 9.17) is 5.73 Å². The van der Waals surface area contributed by atoms with Crippen molar-refractivity contribution < 1.29 is 4.79 Å². The standard InChI is InChI=1S/C18H18N6O/c1-11-4-3-5-15(22-11)24-18-16(19)17(20-10-21-18)23-14-8-6-13(7-9-14)12(2)25/h3-10H,19H2,1-2H3,(H2,20,21,22,23,24). The van der Waals surface area contributed by atoms with Crippen LogP contribution in [0.25, 0.3) is 0 Å². The van der Waals surface area contributed by atoms with E-state index in [2.05, 4.69) is 25.6 Å². The summed E-state index contributed by atoms with van der Waals surface area (Å²) in [7, 11) is 0. The van der Waals surface area contributed by atoms with Crippen LogP contribution >= 0.6 is 0 Å². The second kappa shape index (κ2) is 6.96. The van der Waals surface area contributed by atoms with Crippen molar-refractivity contribution in [1.29, 1.82) is 0 Å². The van der Waals surface area contributed by atoms with E-state index >= 15 is 0 Å². The summed E-state index contributed by atoms with van der Waals surface area (Å²) in [5, 5.41) is 6.22. The molecule has 25 heavy (non-hydrogen) atoms. The van der Waals surface area contributed by atoms with Gasteiger partial charge in [-0.3, -0.25) is 4.79 Å². The Hall–Kier alpha value is -3.48. The topological polar surface area (TPSA) is 106 Å². The van der Waals surface area contributed by atoms with Gasteiger partial charge in [0.15, 0.2) is 17.4 Å². The molecule has 0 amide bonds. The first-order chi connectivity index (χ1) is 12.0. The molecule has 0 saturated carbocycles. The van der Waals surface area contributed by atoms with Crippen molar-refractivity contribution in [2.24, 2.45) is 0 Å². The molecule has 4 N–H and O–H groups in total. The highest BCUT2D eigenvalue weighted by Crippen LogP contribution is 2.27. The van der Waals surface area contributed by atoms with Gasteiger partial charge < -0.3 is 16.4 Å². The predicted octanol–water partition coefficient (Wildman–Crippen LogP) is 3.45. The van der Waals surface area contributed by atoms with Crippen LogP contribution in [0.1, 0.15) is 23.0 Å². The van der Waals surface area contributed by atoms with Crippen molar-refractivity contribution in [1.82, 2.24) is 15.0 Å². The average Bonchev–Trinajstić information content (AvgIpc) is 2.59. The van der Waals surface area contributed by atoms with Gasteiger partial charge in [-0.15, -0.1) is 0 Å². The molecule has 2 aromatic heterocycles. The van der Waals surface area contributed by atoms with E-state index < -0.39 is 0 Å². The van der Waals surface area contributed by atoms with Crippen molar-refractivity contribution >= 4 is 34.6 Å². The minimum atomic E-state index is 0.0187. The fourth-order valence-electron chi connectivity index (χ4n) is 2.25. The number of carbonyl (C=O) groups excluding carboxylic acids is 1. The molecule has 0 aliphatic heterocycles. The number of pyridine rings is 1. The average molecular weight is 334 g/mol. The first-order valence-corrected chi connectivity index (χ1v) is 7.72. The smallest absolute Gasteiger partial charge is 0.160 e. The number of aromatic nitrogens is 3. The Morgan fingerprint density at radius 3 is 2.32 bits per heavy atom. The Bertz CT molecular complexity index is 908. The molecule has 7 heteroatoms. The number of anilines is 5. The number of ketones is 1. The van der Waals surface area contributed by atoms with E-state index in [9.17, 15) is 4.79 Å². The second-order valence-corrected chi connectivity index (χ2v) is 5.53. The van der Waals surface area contributed by atoms with Crippen molar-refractivity contribution in [3.8, 4) is 0 Å². The van der Waals surface area contributed by atoms with Gasteiger partial charge >= 0.3 is 0 Å². The zero-order chi connectivity index (χ0) is 17.8. The van der Waals surface area contributed by atoms with Gasteiger partial charge in [-0.1, -0.05) is 6.07 Å². The van der Waals surface area contributed by atoms with Crippen LogP contribution in [0.4, 0.5) is 28.8 Å². The summed E-state index contributed by atoms with van der Waals surface area (Å²) in [6.07, 6.45) is 1.42. The summed E-state index contributed by atoms with van der Waals surface area (Å²) < 4.78 is 0. The molecule has 0 fully saturated rings. The molecular formula is C18H18N6O. The summed E-state index contributed by atoms with van der Waals surface area (Å²) in [6, 6.07) is 12.7.